The lowest BCUT2D eigenvalue weighted by atomic mass is 9.84. The van der Waals surface area contributed by atoms with Gasteiger partial charge in [0.05, 0.1) is 0 Å². The standard InChI is InChI=1S/C15H23IN2/c1-11(2)18-8-4-6-13(10-17)15(18)12-5-3-7-14(16)9-12/h3,5,7,9,11,13,15H,4,6,8,10,17H2,1-2H3. The van der Waals surface area contributed by atoms with Gasteiger partial charge < -0.3 is 5.73 Å². The van der Waals surface area contributed by atoms with Crippen molar-refractivity contribution in [2.24, 2.45) is 11.7 Å². The summed E-state index contributed by atoms with van der Waals surface area (Å²) >= 11 is 2.40. The minimum Gasteiger partial charge on any atom is -0.330 e. The number of likely N-dealkylation sites (tertiary alicyclic amines) is 1. The lowest BCUT2D eigenvalue weighted by Gasteiger charge is -2.43. The molecule has 1 fully saturated rings. The van der Waals surface area contributed by atoms with Crippen LogP contribution in [0.4, 0.5) is 0 Å². The average molecular weight is 358 g/mol. The smallest absolute Gasteiger partial charge is 0.0391 e. The number of nitrogens with two attached hydrogens (primary N) is 1. The Morgan fingerprint density at radius 2 is 2.22 bits per heavy atom. The second-order valence-corrected chi connectivity index (χ2v) is 6.72. The van der Waals surface area contributed by atoms with Crippen LogP contribution < -0.4 is 5.73 Å². The van der Waals surface area contributed by atoms with Crippen molar-refractivity contribution in [2.45, 2.75) is 38.8 Å². The van der Waals surface area contributed by atoms with Crippen molar-refractivity contribution in [2.75, 3.05) is 13.1 Å². The second kappa shape index (κ2) is 6.35. The van der Waals surface area contributed by atoms with Crippen LogP contribution in [0.1, 0.15) is 38.3 Å². The van der Waals surface area contributed by atoms with Gasteiger partial charge in [-0.15, -0.1) is 0 Å². The molecule has 18 heavy (non-hydrogen) atoms. The highest BCUT2D eigenvalue weighted by Gasteiger charge is 2.33. The van der Waals surface area contributed by atoms with E-state index in [9.17, 15) is 0 Å². The van der Waals surface area contributed by atoms with Gasteiger partial charge in [-0.3, -0.25) is 4.90 Å². The molecule has 2 rings (SSSR count). The number of benzene rings is 1. The lowest BCUT2D eigenvalue weighted by Crippen LogP contribution is -2.44. The van der Waals surface area contributed by atoms with Crippen molar-refractivity contribution in [3.8, 4) is 0 Å². The molecule has 0 radical (unpaired) electrons. The van der Waals surface area contributed by atoms with Crippen molar-refractivity contribution >= 4 is 22.6 Å². The van der Waals surface area contributed by atoms with E-state index in [2.05, 4.69) is 65.6 Å². The molecule has 1 aromatic carbocycles. The molecule has 0 bridgehead atoms. The Labute approximate surface area is 124 Å². The van der Waals surface area contributed by atoms with E-state index in [-0.39, 0.29) is 0 Å². The molecule has 1 aromatic rings. The van der Waals surface area contributed by atoms with Crippen LogP contribution in [0, 0.1) is 9.49 Å². The fourth-order valence-electron chi connectivity index (χ4n) is 3.08. The van der Waals surface area contributed by atoms with Crippen LogP contribution >= 0.6 is 22.6 Å². The van der Waals surface area contributed by atoms with Crippen LogP contribution in [-0.2, 0) is 0 Å². The zero-order valence-electron chi connectivity index (χ0n) is 11.3. The molecular formula is C15H23IN2. The third-order valence-corrected chi connectivity index (χ3v) is 4.62. The van der Waals surface area contributed by atoms with E-state index in [1.54, 1.807) is 0 Å². The van der Waals surface area contributed by atoms with Gasteiger partial charge in [-0.05, 0) is 86.0 Å². The molecule has 1 aliphatic heterocycles. The maximum absolute atomic E-state index is 6.00. The van der Waals surface area contributed by atoms with Crippen molar-refractivity contribution in [1.29, 1.82) is 0 Å². The molecular weight excluding hydrogens is 335 g/mol. The summed E-state index contributed by atoms with van der Waals surface area (Å²) in [6.45, 7) is 6.57. The van der Waals surface area contributed by atoms with E-state index in [4.69, 9.17) is 5.73 Å². The summed E-state index contributed by atoms with van der Waals surface area (Å²) in [6, 6.07) is 9.98. The minimum atomic E-state index is 0.499. The van der Waals surface area contributed by atoms with Gasteiger partial charge in [-0.2, -0.15) is 0 Å². The summed E-state index contributed by atoms with van der Waals surface area (Å²) in [4.78, 5) is 2.62. The Kier molecular flexibility index (Phi) is 5.04. The first-order valence-electron chi connectivity index (χ1n) is 6.84. The SMILES string of the molecule is CC(C)N1CCCC(CN)C1c1cccc(I)c1. The number of nitrogens with zero attached hydrogens (tertiary/aromatic N) is 1. The number of hydrogen-bond acceptors (Lipinski definition) is 2. The Morgan fingerprint density at radius 3 is 2.83 bits per heavy atom. The monoisotopic (exact) mass is 358 g/mol. The largest absolute Gasteiger partial charge is 0.330 e. The van der Waals surface area contributed by atoms with E-state index in [0.29, 0.717) is 18.0 Å². The average Bonchev–Trinajstić information content (AvgIpc) is 2.37. The van der Waals surface area contributed by atoms with Gasteiger partial charge >= 0.3 is 0 Å². The predicted molar refractivity (Wildman–Crippen MR) is 85.5 cm³/mol. The van der Waals surface area contributed by atoms with E-state index in [0.717, 1.165) is 6.54 Å². The summed E-state index contributed by atoms with van der Waals surface area (Å²) in [7, 11) is 0. The van der Waals surface area contributed by atoms with Crippen LogP contribution in [0.2, 0.25) is 0 Å². The highest BCUT2D eigenvalue weighted by atomic mass is 127. The van der Waals surface area contributed by atoms with Crippen molar-refractivity contribution < 1.29 is 0 Å². The maximum Gasteiger partial charge on any atom is 0.0391 e. The lowest BCUT2D eigenvalue weighted by molar-refractivity contribution is 0.0665. The van der Waals surface area contributed by atoms with Crippen molar-refractivity contribution in [1.82, 2.24) is 4.90 Å². The first-order valence-corrected chi connectivity index (χ1v) is 7.92. The molecule has 2 nitrogen and oxygen atoms in total. The zero-order valence-corrected chi connectivity index (χ0v) is 13.4. The molecule has 2 N–H and O–H groups in total. The van der Waals surface area contributed by atoms with E-state index < -0.39 is 0 Å². The number of hydrogen-bond donors (Lipinski definition) is 1. The topological polar surface area (TPSA) is 29.3 Å². The molecule has 1 saturated heterocycles. The van der Waals surface area contributed by atoms with Gasteiger partial charge in [0.15, 0.2) is 0 Å². The van der Waals surface area contributed by atoms with Gasteiger partial charge in [0.25, 0.3) is 0 Å². The quantitative estimate of drug-likeness (QED) is 0.839. The predicted octanol–water partition coefficient (Wildman–Crippen LogP) is 3.41. The Bertz CT molecular complexity index is 392. The minimum absolute atomic E-state index is 0.499. The normalized spacial score (nSPS) is 25.6. The summed E-state index contributed by atoms with van der Waals surface area (Å²) in [5, 5.41) is 0. The van der Waals surface area contributed by atoms with Gasteiger partial charge in [0, 0.05) is 15.7 Å². The van der Waals surface area contributed by atoms with Crippen LogP contribution in [0.5, 0.6) is 0 Å². The van der Waals surface area contributed by atoms with Gasteiger partial charge in [-0.25, -0.2) is 0 Å². The van der Waals surface area contributed by atoms with Crippen LogP contribution in [0.25, 0.3) is 0 Å². The first kappa shape index (κ1) is 14.3. The van der Waals surface area contributed by atoms with Gasteiger partial charge in [0.2, 0.25) is 0 Å². The van der Waals surface area contributed by atoms with E-state index >= 15 is 0 Å². The molecule has 1 aliphatic rings. The molecule has 2 atom stereocenters. The van der Waals surface area contributed by atoms with Crippen molar-refractivity contribution in [3.63, 3.8) is 0 Å². The first-order chi connectivity index (χ1) is 8.63. The fourth-order valence-corrected chi connectivity index (χ4v) is 3.65. The Balaban J connectivity index is 2.33. The van der Waals surface area contributed by atoms with Gasteiger partial charge in [-0.1, -0.05) is 12.1 Å². The summed E-state index contributed by atoms with van der Waals surface area (Å²) in [5.74, 6) is 0.597. The van der Waals surface area contributed by atoms with Crippen LogP contribution in [-0.4, -0.2) is 24.0 Å². The van der Waals surface area contributed by atoms with Crippen molar-refractivity contribution in [3.05, 3.63) is 33.4 Å². The molecule has 0 aliphatic carbocycles. The molecule has 100 valence electrons. The third-order valence-electron chi connectivity index (χ3n) is 3.95. The number of rotatable bonds is 3. The highest BCUT2D eigenvalue weighted by Crippen LogP contribution is 2.37. The molecule has 0 saturated carbocycles. The second-order valence-electron chi connectivity index (χ2n) is 5.47. The maximum atomic E-state index is 6.00. The molecule has 1 heterocycles. The Morgan fingerprint density at radius 1 is 1.44 bits per heavy atom. The number of piperidine rings is 1. The van der Waals surface area contributed by atoms with E-state index in [1.807, 2.05) is 0 Å². The number of halogens is 1. The van der Waals surface area contributed by atoms with Crippen LogP contribution in [0.3, 0.4) is 0 Å². The third kappa shape index (κ3) is 3.06. The Hall–Kier alpha value is -0.130. The molecule has 0 spiro atoms. The molecule has 0 aromatic heterocycles. The summed E-state index contributed by atoms with van der Waals surface area (Å²) in [5.41, 5.74) is 7.44. The highest BCUT2D eigenvalue weighted by molar-refractivity contribution is 14.1. The molecule has 3 heteroatoms. The molecule has 0 amide bonds. The fraction of sp³-hybridized carbons (Fsp3) is 0.600. The van der Waals surface area contributed by atoms with Crippen LogP contribution in [0.15, 0.2) is 24.3 Å². The molecule has 2 unspecified atom stereocenters. The zero-order chi connectivity index (χ0) is 13.1. The summed E-state index contributed by atoms with van der Waals surface area (Å²) in [6.07, 6.45) is 2.54. The van der Waals surface area contributed by atoms with E-state index in [1.165, 1.54) is 28.5 Å². The van der Waals surface area contributed by atoms with Gasteiger partial charge in [0.1, 0.15) is 0 Å². The summed E-state index contributed by atoms with van der Waals surface area (Å²) < 4.78 is 1.31.